The highest BCUT2D eigenvalue weighted by Gasteiger charge is 2.13. The second-order valence-corrected chi connectivity index (χ2v) is 6.88. The van der Waals surface area contributed by atoms with Crippen molar-refractivity contribution in [3.8, 4) is 5.75 Å². The Labute approximate surface area is 144 Å². The van der Waals surface area contributed by atoms with E-state index >= 15 is 0 Å². The summed E-state index contributed by atoms with van der Waals surface area (Å²) in [5.74, 6) is 0.823. The van der Waals surface area contributed by atoms with Crippen LogP contribution < -0.4 is 15.4 Å². The largest absolute Gasteiger partial charge is 0.492 e. The Morgan fingerprint density at radius 1 is 1.08 bits per heavy atom. The van der Waals surface area contributed by atoms with E-state index in [1.165, 1.54) is 5.56 Å². The van der Waals surface area contributed by atoms with E-state index in [1.54, 1.807) is 0 Å². The maximum absolute atomic E-state index is 11.8. The number of carbonyl (C=O) groups excluding carboxylic acids is 1. The molecule has 0 aliphatic rings. The van der Waals surface area contributed by atoms with Crippen LogP contribution in [-0.4, -0.2) is 19.2 Å². The number of ether oxygens (including phenoxy) is 1. The van der Waals surface area contributed by atoms with E-state index in [4.69, 9.17) is 4.74 Å². The third kappa shape index (κ3) is 5.61. The number of hydrogen-bond acceptors (Lipinski definition) is 2. The predicted molar refractivity (Wildman–Crippen MR) is 98.8 cm³/mol. The Hall–Kier alpha value is -2.49. The van der Waals surface area contributed by atoms with Crippen LogP contribution in [0.4, 0.5) is 10.5 Å². The smallest absolute Gasteiger partial charge is 0.319 e. The molecule has 4 heteroatoms. The number of hydrogen-bond donors (Lipinski definition) is 2. The fourth-order valence-electron chi connectivity index (χ4n) is 2.28. The van der Waals surface area contributed by atoms with E-state index in [-0.39, 0.29) is 11.4 Å². The van der Waals surface area contributed by atoms with Gasteiger partial charge < -0.3 is 15.4 Å². The van der Waals surface area contributed by atoms with E-state index in [0.29, 0.717) is 13.2 Å². The highest BCUT2D eigenvalue weighted by atomic mass is 16.5. The molecule has 0 atom stereocenters. The van der Waals surface area contributed by atoms with Gasteiger partial charge in [-0.2, -0.15) is 0 Å². The molecule has 0 heterocycles. The van der Waals surface area contributed by atoms with Crippen molar-refractivity contribution < 1.29 is 9.53 Å². The minimum absolute atomic E-state index is 0.0886. The minimum atomic E-state index is -0.229. The summed E-state index contributed by atoms with van der Waals surface area (Å²) in [5.41, 5.74) is 3.21. The van der Waals surface area contributed by atoms with Gasteiger partial charge in [-0.05, 0) is 47.7 Å². The predicted octanol–water partition coefficient (Wildman–Crippen LogP) is 4.49. The molecule has 0 fully saturated rings. The van der Waals surface area contributed by atoms with Gasteiger partial charge in [-0.3, -0.25) is 0 Å². The molecule has 2 aromatic rings. The van der Waals surface area contributed by atoms with Gasteiger partial charge in [0.1, 0.15) is 12.4 Å². The maximum atomic E-state index is 11.8. The number of anilines is 1. The fraction of sp³-hybridized carbons (Fsp3) is 0.350. The van der Waals surface area contributed by atoms with Gasteiger partial charge in [-0.1, -0.05) is 45.0 Å². The molecule has 0 aromatic heterocycles. The van der Waals surface area contributed by atoms with Crippen molar-refractivity contribution in [1.82, 2.24) is 5.32 Å². The highest BCUT2D eigenvalue weighted by Crippen LogP contribution is 2.25. The zero-order chi connectivity index (χ0) is 17.6. The van der Waals surface area contributed by atoms with E-state index in [9.17, 15) is 4.79 Å². The van der Waals surface area contributed by atoms with Crippen LogP contribution in [0, 0.1) is 6.92 Å². The summed E-state index contributed by atoms with van der Waals surface area (Å²) in [6, 6.07) is 15.5. The number of nitrogens with one attached hydrogen (secondary N) is 2. The average Bonchev–Trinajstić information content (AvgIpc) is 2.51. The van der Waals surface area contributed by atoms with Crippen LogP contribution in [0.2, 0.25) is 0 Å². The van der Waals surface area contributed by atoms with Crippen molar-refractivity contribution in [3.63, 3.8) is 0 Å². The Morgan fingerprint density at radius 3 is 2.54 bits per heavy atom. The summed E-state index contributed by atoms with van der Waals surface area (Å²) in [5, 5.41) is 5.60. The Bertz CT molecular complexity index is 690. The van der Waals surface area contributed by atoms with Gasteiger partial charge in [0.25, 0.3) is 0 Å². The second-order valence-electron chi connectivity index (χ2n) is 6.88. The highest BCUT2D eigenvalue weighted by molar-refractivity contribution is 5.89. The van der Waals surface area contributed by atoms with E-state index < -0.39 is 0 Å². The monoisotopic (exact) mass is 326 g/mol. The lowest BCUT2D eigenvalue weighted by Crippen LogP contribution is -2.32. The summed E-state index contributed by atoms with van der Waals surface area (Å²) in [4.78, 5) is 11.8. The molecule has 0 aliphatic heterocycles. The van der Waals surface area contributed by atoms with Gasteiger partial charge in [0.2, 0.25) is 0 Å². The van der Waals surface area contributed by atoms with Crippen LogP contribution in [0.5, 0.6) is 5.75 Å². The van der Waals surface area contributed by atoms with E-state index in [0.717, 1.165) is 17.0 Å². The minimum Gasteiger partial charge on any atom is -0.492 e. The standard InChI is InChI=1S/C20H26N2O2/c1-15-7-5-9-17(13-15)22-19(23)21-11-12-24-18-10-6-8-16(14-18)20(2,3)4/h5-10,13-14H,11-12H2,1-4H3,(H2,21,22,23). The molecule has 0 bridgehead atoms. The normalized spacial score (nSPS) is 11.0. The number of urea groups is 1. The summed E-state index contributed by atoms with van der Waals surface area (Å²) in [6.45, 7) is 9.37. The number of rotatable bonds is 5. The SMILES string of the molecule is Cc1cccc(NC(=O)NCCOc2cccc(C(C)(C)C)c2)c1. The number of aryl methyl sites for hydroxylation is 1. The molecule has 24 heavy (non-hydrogen) atoms. The first-order valence-corrected chi connectivity index (χ1v) is 8.19. The van der Waals surface area contributed by atoms with Crippen molar-refractivity contribution in [2.45, 2.75) is 33.1 Å². The van der Waals surface area contributed by atoms with Gasteiger partial charge in [-0.15, -0.1) is 0 Å². The van der Waals surface area contributed by atoms with E-state index in [2.05, 4.69) is 37.5 Å². The van der Waals surface area contributed by atoms with Crippen LogP contribution in [0.3, 0.4) is 0 Å². The average molecular weight is 326 g/mol. The number of amides is 2. The lowest BCUT2D eigenvalue weighted by Gasteiger charge is -2.19. The van der Waals surface area contributed by atoms with Crippen molar-refractivity contribution in [3.05, 3.63) is 59.7 Å². The molecular weight excluding hydrogens is 300 g/mol. The van der Waals surface area contributed by atoms with Crippen LogP contribution >= 0.6 is 0 Å². The zero-order valence-electron chi connectivity index (χ0n) is 14.8. The zero-order valence-corrected chi connectivity index (χ0v) is 14.8. The molecule has 0 radical (unpaired) electrons. The number of benzene rings is 2. The Kier molecular flexibility index (Phi) is 5.85. The van der Waals surface area contributed by atoms with Crippen molar-refractivity contribution >= 4 is 11.7 Å². The summed E-state index contributed by atoms with van der Waals surface area (Å²) >= 11 is 0. The molecule has 0 aliphatic carbocycles. The molecule has 2 rings (SSSR count). The van der Waals surface area contributed by atoms with Gasteiger partial charge in [-0.25, -0.2) is 4.79 Å². The molecule has 128 valence electrons. The lowest BCUT2D eigenvalue weighted by molar-refractivity contribution is 0.247. The fourth-order valence-corrected chi connectivity index (χ4v) is 2.28. The van der Waals surface area contributed by atoms with Gasteiger partial charge in [0.05, 0.1) is 6.54 Å². The summed E-state index contributed by atoms with van der Waals surface area (Å²) in [6.07, 6.45) is 0. The van der Waals surface area contributed by atoms with Crippen molar-refractivity contribution in [2.24, 2.45) is 0 Å². The maximum Gasteiger partial charge on any atom is 0.319 e. The summed E-state index contributed by atoms with van der Waals surface area (Å²) in [7, 11) is 0. The number of carbonyl (C=O) groups is 1. The molecule has 0 unspecified atom stereocenters. The first kappa shape index (κ1) is 17.9. The summed E-state index contributed by atoms with van der Waals surface area (Å²) < 4.78 is 5.72. The van der Waals surface area contributed by atoms with Gasteiger partial charge in [0.15, 0.2) is 0 Å². The van der Waals surface area contributed by atoms with Crippen LogP contribution in [0.1, 0.15) is 31.9 Å². The topological polar surface area (TPSA) is 50.4 Å². The Balaban J connectivity index is 1.76. The van der Waals surface area contributed by atoms with Crippen molar-refractivity contribution in [1.29, 1.82) is 0 Å². The molecule has 2 aromatic carbocycles. The lowest BCUT2D eigenvalue weighted by atomic mass is 9.87. The Morgan fingerprint density at radius 2 is 1.83 bits per heavy atom. The third-order valence-electron chi connectivity index (χ3n) is 3.63. The first-order chi connectivity index (χ1) is 11.3. The van der Waals surface area contributed by atoms with Crippen LogP contribution in [0.25, 0.3) is 0 Å². The van der Waals surface area contributed by atoms with Gasteiger partial charge in [0, 0.05) is 5.69 Å². The molecular formula is C20H26N2O2. The van der Waals surface area contributed by atoms with E-state index in [1.807, 2.05) is 49.4 Å². The molecule has 2 N–H and O–H groups in total. The molecule has 0 spiro atoms. The molecule has 0 saturated heterocycles. The first-order valence-electron chi connectivity index (χ1n) is 8.19. The van der Waals surface area contributed by atoms with Crippen LogP contribution in [0.15, 0.2) is 48.5 Å². The third-order valence-corrected chi connectivity index (χ3v) is 3.63. The molecule has 0 saturated carbocycles. The second kappa shape index (κ2) is 7.86. The van der Waals surface area contributed by atoms with Crippen molar-refractivity contribution in [2.75, 3.05) is 18.5 Å². The molecule has 4 nitrogen and oxygen atoms in total. The molecule has 2 amide bonds. The van der Waals surface area contributed by atoms with Crippen LogP contribution in [-0.2, 0) is 5.41 Å². The quantitative estimate of drug-likeness (QED) is 0.795. The van der Waals surface area contributed by atoms with Gasteiger partial charge >= 0.3 is 6.03 Å².